The van der Waals surface area contributed by atoms with Gasteiger partial charge in [-0.05, 0) is 39.8 Å². The monoisotopic (exact) mass is 323 g/mol. The van der Waals surface area contributed by atoms with E-state index in [1.54, 1.807) is 11.3 Å². The van der Waals surface area contributed by atoms with Crippen LogP contribution in [0.25, 0.3) is 0 Å². The van der Waals surface area contributed by atoms with Gasteiger partial charge in [0.2, 0.25) is 5.91 Å². The number of nitrogens with zero attached hydrogens (tertiary/aromatic N) is 3. The molecular formula is C17H29N3OS. The molecule has 0 aliphatic carbocycles. The normalized spacial score (nSPS) is 17.4. The minimum Gasteiger partial charge on any atom is -0.340 e. The van der Waals surface area contributed by atoms with Crippen LogP contribution in [0.1, 0.15) is 57.2 Å². The number of likely N-dealkylation sites (tertiary alicyclic amines) is 1. The zero-order chi connectivity index (χ0) is 16.3. The Morgan fingerprint density at radius 1 is 1.36 bits per heavy atom. The Balaban J connectivity index is 1.87. The Kier molecular flexibility index (Phi) is 5.98. The van der Waals surface area contributed by atoms with Crippen LogP contribution >= 0.6 is 11.3 Å². The average Bonchev–Trinajstić information content (AvgIpc) is 2.95. The second-order valence-electron chi connectivity index (χ2n) is 6.93. The first-order chi connectivity index (χ1) is 10.4. The molecule has 0 N–H and O–H groups in total. The van der Waals surface area contributed by atoms with Crippen molar-refractivity contribution in [3.8, 4) is 0 Å². The van der Waals surface area contributed by atoms with Crippen molar-refractivity contribution in [2.45, 2.75) is 59.0 Å². The molecule has 1 fully saturated rings. The highest BCUT2D eigenvalue weighted by atomic mass is 32.1. The molecule has 1 aromatic heterocycles. The van der Waals surface area contributed by atoms with Crippen molar-refractivity contribution in [3.63, 3.8) is 0 Å². The van der Waals surface area contributed by atoms with Crippen molar-refractivity contribution < 1.29 is 4.79 Å². The van der Waals surface area contributed by atoms with Gasteiger partial charge in [0.05, 0.1) is 17.2 Å². The second-order valence-corrected chi connectivity index (χ2v) is 7.82. The van der Waals surface area contributed by atoms with E-state index >= 15 is 0 Å². The van der Waals surface area contributed by atoms with Crippen LogP contribution in [-0.4, -0.2) is 46.9 Å². The van der Waals surface area contributed by atoms with Crippen LogP contribution in [0.15, 0.2) is 5.38 Å². The van der Waals surface area contributed by atoms with Gasteiger partial charge in [0, 0.05) is 30.3 Å². The lowest BCUT2D eigenvalue weighted by atomic mass is 9.94. The molecule has 5 heteroatoms. The number of amides is 1. The molecule has 0 saturated carbocycles. The number of carbonyl (C=O) groups excluding carboxylic acids is 1. The Hall–Kier alpha value is -0.940. The highest BCUT2D eigenvalue weighted by molar-refractivity contribution is 7.09. The first kappa shape index (κ1) is 17.4. The highest BCUT2D eigenvalue weighted by Gasteiger charge is 2.28. The van der Waals surface area contributed by atoms with Crippen LogP contribution in [0.5, 0.6) is 0 Å². The molecule has 0 radical (unpaired) electrons. The summed E-state index contributed by atoms with van der Waals surface area (Å²) in [6, 6.07) is 0.582. The number of hydrogen-bond acceptors (Lipinski definition) is 4. The van der Waals surface area contributed by atoms with Crippen LogP contribution in [0.2, 0.25) is 0 Å². The Morgan fingerprint density at radius 3 is 2.50 bits per heavy atom. The van der Waals surface area contributed by atoms with E-state index in [4.69, 9.17) is 0 Å². The summed E-state index contributed by atoms with van der Waals surface area (Å²) < 4.78 is 0. The lowest BCUT2D eigenvalue weighted by Crippen LogP contribution is -2.43. The van der Waals surface area contributed by atoms with E-state index in [1.165, 1.54) is 0 Å². The van der Waals surface area contributed by atoms with Crippen molar-refractivity contribution >= 4 is 17.2 Å². The van der Waals surface area contributed by atoms with Crippen molar-refractivity contribution in [1.82, 2.24) is 14.8 Å². The fourth-order valence-electron chi connectivity index (χ4n) is 2.96. The Bertz CT molecular complexity index is 490. The third-order valence-electron chi connectivity index (χ3n) is 4.45. The topological polar surface area (TPSA) is 36.4 Å². The average molecular weight is 324 g/mol. The van der Waals surface area contributed by atoms with Gasteiger partial charge in [-0.1, -0.05) is 13.8 Å². The van der Waals surface area contributed by atoms with E-state index in [1.807, 2.05) is 11.9 Å². The molecule has 0 atom stereocenters. The fourth-order valence-corrected chi connectivity index (χ4v) is 3.78. The first-order valence-corrected chi connectivity index (χ1v) is 9.19. The lowest BCUT2D eigenvalue weighted by molar-refractivity contribution is -0.136. The maximum atomic E-state index is 12.6. The molecule has 1 aromatic rings. The minimum absolute atomic E-state index is 0.184. The second kappa shape index (κ2) is 7.55. The number of aromatic nitrogens is 1. The molecule has 2 rings (SSSR count). The van der Waals surface area contributed by atoms with Crippen LogP contribution in [0.3, 0.4) is 0 Å². The molecule has 2 heterocycles. The molecule has 1 aliphatic rings. The van der Waals surface area contributed by atoms with Crippen molar-refractivity contribution in [3.05, 3.63) is 16.1 Å². The lowest BCUT2D eigenvalue weighted by Gasteiger charge is -2.35. The predicted octanol–water partition coefficient (Wildman–Crippen LogP) is 3.35. The summed E-state index contributed by atoms with van der Waals surface area (Å²) in [5.41, 5.74) is 1.02. The van der Waals surface area contributed by atoms with E-state index in [-0.39, 0.29) is 11.8 Å². The quantitative estimate of drug-likeness (QED) is 0.834. The maximum Gasteiger partial charge on any atom is 0.225 e. The minimum atomic E-state index is 0.184. The molecule has 22 heavy (non-hydrogen) atoms. The SMILES string of the molecule is CC(C)c1nc(CN(C)C(=O)C2CCN(C(C)C)CC2)cs1. The van der Waals surface area contributed by atoms with E-state index < -0.39 is 0 Å². The van der Waals surface area contributed by atoms with E-state index in [2.05, 4.69) is 43.0 Å². The number of hydrogen-bond donors (Lipinski definition) is 0. The van der Waals surface area contributed by atoms with Crippen LogP contribution in [-0.2, 0) is 11.3 Å². The van der Waals surface area contributed by atoms with Gasteiger partial charge in [-0.15, -0.1) is 11.3 Å². The van der Waals surface area contributed by atoms with Gasteiger partial charge in [0.1, 0.15) is 0 Å². The van der Waals surface area contributed by atoms with Crippen LogP contribution in [0, 0.1) is 5.92 Å². The summed E-state index contributed by atoms with van der Waals surface area (Å²) >= 11 is 1.69. The molecule has 0 unspecified atom stereocenters. The molecule has 0 aromatic carbocycles. The van der Waals surface area contributed by atoms with Crippen molar-refractivity contribution in [1.29, 1.82) is 0 Å². The third kappa shape index (κ3) is 4.29. The number of piperidine rings is 1. The molecular weight excluding hydrogens is 294 g/mol. The predicted molar refractivity (Wildman–Crippen MR) is 92.1 cm³/mol. The number of rotatable bonds is 5. The summed E-state index contributed by atoms with van der Waals surface area (Å²) in [6.45, 7) is 11.5. The Morgan fingerprint density at radius 2 is 2.00 bits per heavy atom. The molecule has 0 spiro atoms. The van der Waals surface area contributed by atoms with Gasteiger partial charge in [0.25, 0.3) is 0 Å². The van der Waals surface area contributed by atoms with Crippen LogP contribution < -0.4 is 0 Å². The fraction of sp³-hybridized carbons (Fsp3) is 0.765. The highest BCUT2D eigenvalue weighted by Crippen LogP contribution is 2.23. The molecule has 1 aliphatic heterocycles. The molecule has 1 saturated heterocycles. The van der Waals surface area contributed by atoms with Gasteiger partial charge < -0.3 is 9.80 Å². The zero-order valence-corrected chi connectivity index (χ0v) is 15.3. The van der Waals surface area contributed by atoms with E-state index in [0.717, 1.165) is 36.6 Å². The maximum absolute atomic E-state index is 12.6. The standard InChI is InChI=1S/C17H29N3OS/c1-12(2)16-18-15(11-22-16)10-19(5)17(21)14-6-8-20(9-7-14)13(3)4/h11-14H,6-10H2,1-5H3. The smallest absolute Gasteiger partial charge is 0.225 e. The van der Waals surface area contributed by atoms with Gasteiger partial charge in [-0.2, -0.15) is 0 Å². The van der Waals surface area contributed by atoms with Gasteiger partial charge in [-0.25, -0.2) is 4.98 Å². The number of carbonyl (C=O) groups is 1. The molecule has 1 amide bonds. The number of thiazole rings is 1. The van der Waals surface area contributed by atoms with Gasteiger partial charge >= 0.3 is 0 Å². The summed E-state index contributed by atoms with van der Waals surface area (Å²) in [7, 11) is 1.91. The van der Waals surface area contributed by atoms with E-state index in [0.29, 0.717) is 18.5 Å². The summed E-state index contributed by atoms with van der Waals surface area (Å²) in [5.74, 6) is 0.922. The summed E-state index contributed by atoms with van der Waals surface area (Å²) in [6.07, 6.45) is 1.96. The van der Waals surface area contributed by atoms with Gasteiger partial charge in [-0.3, -0.25) is 4.79 Å². The van der Waals surface area contributed by atoms with Gasteiger partial charge in [0.15, 0.2) is 0 Å². The largest absolute Gasteiger partial charge is 0.340 e. The van der Waals surface area contributed by atoms with Crippen molar-refractivity contribution in [2.24, 2.45) is 5.92 Å². The Labute approximate surface area is 138 Å². The zero-order valence-electron chi connectivity index (χ0n) is 14.5. The third-order valence-corrected chi connectivity index (χ3v) is 5.64. The van der Waals surface area contributed by atoms with E-state index in [9.17, 15) is 4.79 Å². The van der Waals surface area contributed by atoms with Crippen molar-refractivity contribution in [2.75, 3.05) is 20.1 Å². The summed E-state index contributed by atoms with van der Waals surface area (Å²) in [4.78, 5) is 21.5. The molecule has 0 bridgehead atoms. The molecule has 124 valence electrons. The molecule has 4 nitrogen and oxygen atoms in total. The summed E-state index contributed by atoms with van der Waals surface area (Å²) in [5, 5.41) is 3.24. The first-order valence-electron chi connectivity index (χ1n) is 8.31. The van der Waals surface area contributed by atoms with Crippen LogP contribution in [0.4, 0.5) is 0 Å².